The molecule has 1 aromatic rings. The molecule has 0 amide bonds. The average molecular weight is 259 g/mol. The summed E-state index contributed by atoms with van der Waals surface area (Å²) in [5, 5.41) is 17.2. The van der Waals surface area contributed by atoms with E-state index < -0.39 is 11.2 Å². The Hall–Kier alpha value is -1.72. The fraction of sp³-hybridized carbons (Fsp3) is 0.429. The first-order valence-electron chi connectivity index (χ1n) is 6.22. The van der Waals surface area contributed by atoms with Crippen LogP contribution in [0.3, 0.4) is 0 Å². The highest BCUT2D eigenvalue weighted by atomic mass is 16.5. The van der Waals surface area contributed by atoms with E-state index in [0.717, 1.165) is 16.3 Å². The third-order valence-corrected chi connectivity index (χ3v) is 3.74. The van der Waals surface area contributed by atoms with Crippen LogP contribution in [0.4, 0.5) is 0 Å². The summed E-state index contributed by atoms with van der Waals surface area (Å²) in [6, 6.07) is 9.71. The van der Waals surface area contributed by atoms with Crippen molar-refractivity contribution < 1.29 is 5.21 Å². The predicted octanol–water partition coefficient (Wildman–Crippen LogP) is 1.97. The molecule has 0 aliphatic carbocycles. The van der Waals surface area contributed by atoms with Gasteiger partial charge in [-0.05, 0) is 33.3 Å². The van der Waals surface area contributed by atoms with E-state index in [2.05, 4.69) is 10.1 Å². The minimum absolute atomic E-state index is 0.501. The van der Waals surface area contributed by atoms with Crippen molar-refractivity contribution in [1.82, 2.24) is 5.06 Å². The zero-order valence-electron chi connectivity index (χ0n) is 11.7. The Balaban J connectivity index is 2.58. The van der Waals surface area contributed by atoms with Crippen molar-refractivity contribution in [3.63, 3.8) is 0 Å². The van der Waals surface area contributed by atoms with Gasteiger partial charge in [-0.25, -0.2) is 0 Å². The zero-order valence-corrected chi connectivity index (χ0v) is 11.7. The Morgan fingerprint density at radius 1 is 1.26 bits per heavy atom. The first-order chi connectivity index (χ1) is 8.84. The smallest absolute Gasteiger partial charge is 0.176 e. The molecule has 5 heteroatoms. The summed E-state index contributed by atoms with van der Waals surface area (Å²) in [5.41, 5.74) is 0.447. The summed E-state index contributed by atoms with van der Waals surface area (Å²) in [7, 11) is 0. The fourth-order valence-electron chi connectivity index (χ4n) is 2.40. The number of hydrazone groups is 1. The first kappa shape index (κ1) is 13.7. The second-order valence-electron chi connectivity index (χ2n) is 5.42. The van der Waals surface area contributed by atoms with Gasteiger partial charge in [0.2, 0.25) is 0 Å². The first-order valence-corrected chi connectivity index (χ1v) is 6.22. The Bertz CT molecular complexity index is 536. The molecule has 0 fully saturated rings. The number of hydrogen-bond acceptors (Lipinski definition) is 4. The normalized spacial score (nSPS) is 27.4. The minimum atomic E-state index is -1.04. The van der Waals surface area contributed by atoms with Gasteiger partial charge in [-0.2, -0.15) is 5.10 Å². The van der Waals surface area contributed by atoms with Crippen LogP contribution in [0.15, 0.2) is 40.4 Å². The summed E-state index contributed by atoms with van der Waals surface area (Å²) in [6.07, 6.45) is 0. The van der Waals surface area contributed by atoms with E-state index in [-0.39, 0.29) is 0 Å². The van der Waals surface area contributed by atoms with Gasteiger partial charge >= 0.3 is 0 Å². The summed E-state index contributed by atoms with van der Waals surface area (Å²) < 4.78 is 0. The molecule has 1 atom stereocenters. The Labute approximate surface area is 113 Å². The molecule has 0 aromatic heterocycles. The molecule has 0 spiro atoms. The summed E-state index contributed by atoms with van der Waals surface area (Å²) in [6.45, 7) is 7.18. The standard InChI is InChI=1S/C14H19N4O/c1-10(17-15)14(4)16-12(13(2,3)18(14)19)11-8-6-5-7-9-11/h5-9H,15H2,1-4H3/b17-10+. The number of nitrogens with zero attached hydrogens (tertiary/aromatic N) is 3. The lowest BCUT2D eigenvalue weighted by Gasteiger charge is -2.33. The van der Waals surface area contributed by atoms with Gasteiger partial charge in [-0.3, -0.25) is 4.99 Å². The van der Waals surface area contributed by atoms with Crippen molar-refractivity contribution in [2.45, 2.75) is 38.9 Å². The molecule has 0 saturated carbocycles. The van der Waals surface area contributed by atoms with Crippen LogP contribution in [0.1, 0.15) is 33.3 Å². The molecule has 5 nitrogen and oxygen atoms in total. The van der Waals surface area contributed by atoms with E-state index in [1.807, 2.05) is 44.2 Å². The van der Waals surface area contributed by atoms with Crippen LogP contribution in [0.5, 0.6) is 0 Å². The Morgan fingerprint density at radius 3 is 2.37 bits per heavy atom. The molecule has 1 aliphatic rings. The minimum Gasteiger partial charge on any atom is -0.323 e. The maximum Gasteiger partial charge on any atom is 0.176 e. The van der Waals surface area contributed by atoms with Gasteiger partial charge in [0.15, 0.2) is 5.66 Å². The molecule has 2 N–H and O–H groups in total. The van der Waals surface area contributed by atoms with Crippen LogP contribution < -0.4 is 5.84 Å². The SMILES string of the molecule is C/C(=N\N)C1(C)N=C(c2ccccc2)C(C)(C)N1[O]. The zero-order chi connectivity index (χ0) is 14.3. The summed E-state index contributed by atoms with van der Waals surface area (Å²) >= 11 is 0. The lowest BCUT2D eigenvalue weighted by atomic mass is 9.92. The monoisotopic (exact) mass is 259 g/mol. The molecule has 1 unspecified atom stereocenters. The second kappa shape index (κ2) is 4.43. The topological polar surface area (TPSA) is 73.9 Å². The lowest BCUT2D eigenvalue weighted by molar-refractivity contribution is -0.227. The second-order valence-corrected chi connectivity index (χ2v) is 5.42. The summed E-state index contributed by atoms with van der Waals surface area (Å²) in [5.74, 6) is 5.33. The number of hydrogen-bond donors (Lipinski definition) is 1. The highest BCUT2D eigenvalue weighted by Gasteiger charge is 2.52. The van der Waals surface area contributed by atoms with E-state index in [4.69, 9.17) is 5.84 Å². The van der Waals surface area contributed by atoms with Crippen LogP contribution in [-0.4, -0.2) is 27.7 Å². The molecule has 0 bridgehead atoms. The van der Waals surface area contributed by atoms with Crippen molar-refractivity contribution in [1.29, 1.82) is 0 Å². The largest absolute Gasteiger partial charge is 0.323 e. The Morgan fingerprint density at radius 2 is 1.84 bits per heavy atom. The van der Waals surface area contributed by atoms with Crippen molar-refractivity contribution in [3.05, 3.63) is 35.9 Å². The van der Waals surface area contributed by atoms with Gasteiger partial charge in [0, 0.05) is 0 Å². The molecular formula is C14H19N4O. The highest BCUT2D eigenvalue weighted by Crippen LogP contribution is 2.37. The van der Waals surface area contributed by atoms with E-state index in [1.54, 1.807) is 13.8 Å². The van der Waals surface area contributed by atoms with Crippen molar-refractivity contribution in [3.8, 4) is 0 Å². The van der Waals surface area contributed by atoms with Crippen LogP contribution in [0, 0.1) is 0 Å². The number of nitrogens with two attached hydrogens (primary N) is 1. The van der Waals surface area contributed by atoms with Crippen molar-refractivity contribution >= 4 is 11.4 Å². The maximum absolute atomic E-state index is 12.6. The Kier molecular flexibility index (Phi) is 3.20. The quantitative estimate of drug-likeness (QED) is 0.501. The van der Waals surface area contributed by atoms with Gasteiger partial charge in [-0.15, -0.1) is 10.3 Å². The molecule has 1 radical (unpaired) electrons. The fourth-order valence-corrected chi connectivity index (χ4v) is 2.40. The number of hydroxylamine groups is 2. The van der Waals surface area contributed by atoms with Crippen LogP contribution in [0.2, 0.25) is 0 Å². The number of aliphatic imine (C=N–C) groups is 1. The molecule has 1 heterocycles. The summed E-state index contributed by atoms with van der Waals surface area (Å²) in [4.78, 5) is 4.61. The van der Waals surface area contributed by atoms with E-state index >= 15 is 0 Å². The van der Waals surface area contributed by atoms with E-state index in [0.29, 0.717) is 5.71 Å². The van der Waals surface area contributed by atoms with E-state index in [9.17, 15) is 5.21 Å². The van der Waals surface area contributed by atoms with Crippen LogP contribution >= 0.6 is 0 Å². The third-order valence-electron chi connectivity index (χ3n) is 3.74. The molecule has 2 rings (SSSR count). The van der Waals surface area contributed by atoms with Crippen molar-refractivity contribution in [2.75, 3.05) is 0 Å². The highest BCUT2D eigenvalue weighted by molar-refractivity contribution is 6.11. The molecule has 1 aliphatic heterocycles. The van der Waals surface area contributed by atoms with Crippen LogP contribution in [0.25, 0.3) is 0 Å². The number of benzene rings is 1. The van der Waals surface area contributed by atoms with Gasteiger partial charge < -0.3 is 5.84 Å². The molecule has 19 heavy (non-hydrogen) atoms. The predicted molar refractivity (Wildman–Crippen MR) is 75.3 cm³/mol. The number of rotatable bonds is 2. The van der Waals surface area contributed by atoms with Gasteiger partial charge in [0.05, 0.1) is 17.0 Å². The van der Waals surface area contributed by atoms with Gasteiger partial charge in [0.1, 0.15) is 0 Å². The molecule has 101 valence electrons. The molecule has 0 saturated heterocycles. The van der Waals surface area contributed by atoms with E-state index in [1.165, 1.54) is 0 Å². The lowest BCUT2D eigenvalue weighted by Crippen LogP contribution is -2.53. The third kappa shape index (κ3) is 1.95. The van der Waals surface area contributed by atoms with Gasteiger partial charge in [-0.1, -0.05) is 30.3 Å². The average Bonchev–Trinajstić information content (AvgIpc) is 2.60. The molecule has 1 aromatic carbocycles. The van der Waals surface area contributed by atoms with Crippen molar-refractivity contribution in [2.24, 2.45) is 15.9 Å². The molecular weight excluding hydrogens is 240 g/mol. The van der Waals surface area contributed by atoms with Crippen LogP contribution in [-0.2, 0) is 5.21 Å². The maximum atomic E-state index is 12.6. The van der Waals surface area contributed by atoms with Gasteiger partial charge in [0.25, 0.3) is 0 Å².